The molecule has 108 valence electrons. The number of epoxide rings is 2. The van der Waals surface area contributed by atoms with Crippen molar-refractivity contribution in [3.63, 3.8) is 0 Å². The molecule has 0 N–H and O–H groups in total. The number of rotatable bonds is 9. The lowest BCUT2D eigenvalue weighted by Crippen LogP contribution is -2.01. The summed E-state index contributed by atoms with van der Waals surface area (Å²) in [4.78, 5) is 23.6. The van der Waals surface area contributed by atoms with Gasteiger partial charge in [-0.1, -0.05) is 35.3 Å². The molecule has 0 bridgehead atoms. The zero-order chi connectivity index (χ0) is 13.8. The van der Waals surface area contributed by atoms with Crippen LogP contribution >= 0.6 is 35.3 Å². The second-order valence-electron chi connectivity index (χ2n) is 4.19. The molecule has 9 heteroatoms. The summed E-state index contributed by atoms with van der Waals surface area (Å²) in [5, 5.41) is 2.00. The Kier molecular flexibility index (Phi) is 5.16. The van der Waals surface area contributed by atoms with E-state index in [2.05, 4.69) is 15.0 Å². The maximum atomic E-state index is 10.5. The highest BCUT2D eigenvalue weighted by atomic mass is 32.2. The van der Waals surface area contributed by atoms with Crippen LogP contribution in [-0.4, -0.2) is 63.9 Å². The molecule has 0 saturated carbocycles. The Hall–Kier alpha value is -0.350. The Morgan fingerprint density at radius 3 is 1.80 bits per heavy atom. The molecule has 2 aliphatic rings. The second-order valence-corrected chi connectivity index (χ2v) is 7.15. The summed E-state index contributed by atoms with van der Waals surface area (Å²) in [6.45, 7) is 1.65. The van der Waals surface area contributed by atoms with Gasteiger partial charge in [-0.3, -0.25) is 0 Å². The van der Waals surface area contributed by atoms with E-state index in [1.54, 1.807) is 23.5 Å². The Morgan fingerprint density at radius 2 is 1.40 bits per heavy atom. The zero-order valence-electron chi connectivity index (χ0n) is 10.6. The summed E-state index contributed by atoms with van der Waals surface area (Å²) in [5.74, 6) is 2.07. The van der Waals surface area contributed by atoms with Crippen LogP contribution in [0.3, 0.4) is 0 Å². The number of carbonyl (C=O) groups is 1. The van der Waals surface area contributed by atoms with Gasteiger partial charge in [-0.2, -0.15) is 15.0 Å². The molecule has 2 atom stereocenters. The summed E-state index contributed by atoms with van der Waals surface area (Å²) in [6, 6.07) is 0. The number of ether oxygens (including phenoxy) is 2. The predicted molar refractivity (Wildman–Crippen MR) is 77.5 cm³/mol. The van der Waals surface area contributed by atoms with Crippen molar-refractivity contribution in [3.05, 3.63) is 0 Å². The summed E-state index contributed by atoms with van der Waals surface area (Å²) in [5.41, 5.74) is 0. The smallest absolute Gasteiger partial charge is 0.193 e. The van der Waals surface area contributed by atoms with Crippen molar-refractivity contribution in [2.45, 2.75) is 27.7 Å². The first-order chi connectivity index (χ1) is 9.83. The molecule has 6 nitrogen and oxygen atoms in total. The number of aldehydes is 1. The van der Waals surface area contributed by atoms with Gasteiger partial charge in [0.1, 0.15) is 6.29 Å². The number of hydrogen-bond donors (Lipinski definition) is 0. The molecule has 1 aromatic rings. The lowest BCUT2D eigenvalue weighted by molar-refractivity contribution is -0.105. The standard InChI is InChI=1S/C11H13N3O3S3/c15-1-2-18-9-12-10(19-5-7-3-16-7)14-11(13-9)20-6-8-4-17-8/h1,7-8H,2-6H2. The van der Waals surface area contributed by atoms with Crippen LogP contribution < -0.4 is 0 Å². The van der Waals surface area contributed by atoms with Gasteiger partial charge < -0.3 is 14.3 Å². The molecule has 0 aliphatic carbocycles. The molecular formula is C11H13N3O3S3. The van der Waals surface area contributed by atoms with Gasteiger partial charge in [-0.25, -0.2) is 0 Å². The van der Waals surface area contributed by atoms with Crippen LogP contribution in [0.15, 0.2) is 15.5 Å². The van der Waals surface area contributed by atoms with Crippen LogP contribution in [0.2, 0.25) is 0 Å². The maximum absolute atomic E-state index is 10.5. The van der Waals surface area contributed by atoms with Gasteiger partial charge in [0, 0.05) is 11.5 Å². The Morgan fingerprint density at radius 1 is 0.950 bits per heavy atom. The fraction of sp³-hybridized carbons (Fsp3) is 0.636. The van der Waals surface area contributed by atoms with E-state index in [9.17, 15) is 4.79 Å². The highest BCUT2D eigenvalue weighted by Gasteiger charge is 2.24. The summed E-state index contributed by atoms with van der Waals surface area (Å²) < 4.78 is 10.4. The molecule has 2 aliphatic heterocycles. The Bertz CT molecular complexity index is 449. The summed E-state index contributed by atoms with van der Waals surface area (Å²) >= 11 is 4.47. The quantitative estimate of drug-likeness (QED) is 0.376. The first kappa shape index (κ1) is 14.6. The van der Waals surface area contributed by atoms with E-state index < -0.39 is 0 Å². The van der Waals surface area contributed by atoms with Crippen LogP contribution in [0.4, 0.5) is 0 Å². The van der Waals surface area contributed by atoms with Gasteiger partial charge in [0.05, 0.1) is 31.2 Å². The molecule has 0 spiro atoms. The van der Waals surface area contributed by atoms with Crippen molar-refractivity contribution < 1.29 is 14.3 Å². The molecule has 20 heavy (non-hydrogen) atoms. The number of hydrogen-bond acceptors (Lipinski definition) is 9. The van der Waals surface area contributed by atoms with Crippen LogP contribution in [0.5, 0.6) is 0 Å². The van der Waals surface area contributed by atoms with Crippen molar-refractivity contribution in [3.8, 4) is 0 Å². The van der Waals surface area contributed by atoms with Crippen molar-refractivity contribution in [1.82, 2.24) is 15.0 Å². The minimum Gasteiger partial charge on any atom is -0.372 e. The molecule has 0 radical (unpaired) electrons. The van der Waals surface area contributed by atoms with E-state index in [0.29, 0.717) is 33.4 Å². The Balaban J connectivity index is 1.64. The predicted octanol–water partition coefficient (Wildman–Crippen LogP) is 1.14. The third kappa shape index (κ3) is 4.88. The lowest BCUT2D eigenvalue weighted by Gasteiger charge is -2.04. The fourth-order valence-corrected chi connectivity index (χ4v) is 3.64. The van der Waals surface area contributed by atoms with E-state index in [4.69, 9.17) is 9.47 Å². The number of thioether (sulfide) groups is 3. The number of nitrogens with zero attached hydrogens (tertiary/aromatic N) is 3. The van der Waals surface area contributed by atoms with E-state index in [0.717, 1.165) is 31.0 Å². The molecule has 1 aromatic heterocycles. The van der Waals surface area contributed by atoms with E-state index in [1.165, 1.54) is 11.8 Å². The average Bonchev–Trinajstić information content (AvgIpc) is 3.35. The van der Waals surface area contributed by atoms with Gasteiger partial charge >= 0.3 is 0 Å². The largest absolute Gasteiger partial charge is 0.372 e. The molecular weight excluding hydrogens is 318 g/mol. The van der Waals surface area contributed by atoms with Gasteiger partial charge in [0.15, 0.2) is 15.5 Å². The normalized spacial score (nSPS) is 23.6. The zero-order valence-corrected chi connectivity index (χ0v) is 13.0. The van der Waals surface area contributed by atoms with Gasteiger partial charge in [-0.05, 0) is 0 Å². The fourth-order valence-electron chi connectivity index (χ4n) is 1.29. The van der Waals surface area contributed by atoms with Crippen LogP contribution in [0.25, 0.3) is 0 Å². The van der Waals surface area contributed by atoms with Gasteiger partial charge in [-0.15, -0.1) is 0 Å². The monoisotopic (exact) mass is 331 g/mol. The first-order valence-electron chi connectivity index (χ1n) is 6.15. The lowest BCUT2D eigenvalue weighted by atomic mass is 10.6. The van der Waals surface area contributed by atoms with E-state index >= 15 is 0 Å². The van der Waals surface area contributed by atoms with Gasteiger partial charge in [0.25, 0.3) is 0 Å². The van der Waals surface area contributed by atoms with Crippen molar-refractivity contribution >= 4 is 41.6 Å². The summed E-state index contributed by atoms with van der Waals surface area (Å²) in [6.07, 6.45) is 1.52. The molecule has 0 aromatic carbocycles. The number of carbonyl (C=O) groups excluding carboxylic acids is 1. The highest BCUT2D eigenvalue weighted by Crippen LogP contribution is 2.27. The highest BCUT2D eigenvalue weighted by molar-refractivity contribution is 8.00. The van der Waals surface area contributed by atoms with Crippen molar-refractivity contribution in [2.24, 2.45) is 0 Å². The molecule has 3 rings (SSSR count). The van der Waals surface area contributed by atoms with Gasteiger partial charge in [0.2, 0.25) is 0 Å². The third-order valence-corrected chi connectivity index (χ3v) is 5.16. The van der Waals surface area contributed by atoms with Crippen LogP contribution in [0, 0.1) is 0 Å². The molecule has 2 saturated heterocycles. The van der Waals surface area contributed by atoms with Crippen molar-refractivity contribution in [1.29, 1.82) is 0 Å². The molecule has 2 fully saturated rings. The topological polar surface area (TPSA) is 80.8 Å². The number of aromatic nitrogens is 3. The minimum absolute atomic E-state index is 0.332. The first-order valence-corrected chi connectivity index (χ1v) is 9.10. The SMILES string of the molecule is O=CCSc1nc(SCC2CO2)nc(SCC2CO2)n1. The molecule has 0 amide bonds. The van der Waals surface area contributed by atoms with Crippen LogP contribution in [0.1, 0.15) is 0 Å². The average molecular weight is 331 g/mol. The van der Waals surface area contributed by atoms with E-state index in [1.807, 2.05) is 0 Å². The van der Waals surface area contributed by atoms with Crippen molar-refractivity contribution in [2.75, 3.05) is 30.5 Å². The second kappa shape index (κ2) is 7.08. The van der Waals surface area contributed by atoms with E-state index in [-0.39, 0.29) is 0 Å². The minimum atomic E-state index is 0.332. The summed E-state index contributed by atoms with van der Waals surface area (Å²) in [7, 11) is 0. The maximum Gasteiger partial charge on any atom is 0.193 e. The molecule has 2 unspecified atom stereocenters. The Labute approximate surface area is 129 Å². The van der Waals surface area contributed by atoms with Crippen LogP contribution in [-0.2, 0) is 14.3 Å². The molecule has 3 heterocycles. The third-order valence-electron chi connectivity index (χ3n) is 2.46.